The number of piperidine rings is 1. The van der Waals surface area contributed by atoms with Crippen molar-refractivity contribution in [2.45, 2.75) is 31.2 Å². The normalized spacial score (nSPS) is 28.3. The quantitative estimate of drug-likeness (QED) is 0.732. The second-order valence-electron chi connectivity index (χ2n) is 5.58. The highest BCUT2D eigenvalue weighted by Crippen LogP contribution is 2.42. The van der Waals surface area contributed by atoms with Crippen molar-refractivity contribution in [2.24, 2.45) is 0 Å². The van der Waals surface area contributed by atoms with Gasteiger partial charge in [-0.3, -0.25) is 0 Å². The van der Waals surface area contributed by atoms with Gasteiger partial charge < -0.3 is 9.88 Å². The zero-order chi connectivity index (χ0) is 11.4. The lowest BCUT2D eigenvalue weighted by Crippen LogP contribution is -2.44. The Morgan fingerprint density at radius 2 is 2.29 bits per heavy atom. The molecule has 2 aliphatic rings. The summed E-state index contributed by atoms with van der Waals surface area (Å²) >= 11 is 0. The third-order valence-electron chi connectivity index (χ3n) is 4.70. The lowest BCUT2D eigenvalue weighted by Gasteiger charge is -2.42. The second-order valence-corrected chi connectivity index (χ2v) is 5.58. The molecule has 1 saturated heterocycles. The third-order valence-corrected chi connectivity index (χ3v) is 4.70. The van der Waals surface area contributed by atoms with Crippen LogP contribution in [0.5, 0.6) is 0 Å². The molecule has 2 heterocycles. The number of aromatic nitrogens is 1. The average Bonchev–Trinajstić information content (AvgIpc) is 2.76. The van der Waals surface area contributed by atoms with E-state index in [1.54, 1.807) is 5.56 Å². The fourth-order valence-corrected chi connectivity index (χ4v) is 3.87. The minimum Gasteiger partial charge on any atom is -0.361 e. The topological polar surface area (TPSA) is 19.0 Å². The van der Waals surface area contributed by atoms with Crippen LogP contribution in [0.4, 0.5) is 0 Å². The van der Waals surface area contributed by atoms with Gasteiger partial charge in [-0.05, 0) is 50.0 Å². The van der Waals surface area contributed by atoms with Crippen molar-refractivity contribution in [3.05, 3.63) is 35.5 Å². The first-order chi connectivity index (χ1) is 8.34. The maximum absolute atomic E-state index is 3.43. The zero-order valence-electron chi connectivity index (χ0n) is 10.2. The molecule has 1 fully saturated rings. The maximum atomic E-state index is 3.43. The van der Waals surface area contributed by atoms with Gasteiger partial charge in [0.15, 0.2) is 0 Å². The molecular formula is C15H18N2. The first kappa shape index (κ1) is 9.72. The van der Waals surface area contributed by atoms with E-state index in [1.165, 1.54) is 42.3 Å². The highest BCUT2D eigenvalue weighted by Gasteiger charge is 2.35. The third kappa shape index (κ3) is 1.25. The fourth-order valence-electron chi connectivity index (χ4n) is 3.87. The van der Waals surface area contributed by atoms with E-state index in [2.05, 4.69) is 41.3 Å². The lowest BCUT2D eigenvalue weighted by molar-refractivity contribution is 0.157. The van der Waals surface area contributed by atoms with Gasteiger partial charge in [0.05, 0.1) is 0 Å². The number of rotatable bonds is 0. The molecular weight excluding hydrogens is 208 g/mol. The summed E-state index contributed by atoms with van der Waals surface area (Å²) in [7, 11) is 2.29. The molecule has 0 amide bonds. The molecule has 1 aliphatic carbocycles. The summed E-state index contributed by atoms with van der Waals surface area (Å²) in [6.45, 7) is 1.26. The van der Waals surface area contributed by atoms with E-state index in [0.717, 1.165) is 12.0 Å². The first-order valence-corrected chi connectivity index (χ1v) is 6.64. The van der Waals surface area contributed by atoms with Gasteiger partial charge in [0.25, 0.3) is 0 Å². The first-order valence-electron chi connectivity index (χ1n) is 6.64. The Balaban J connectivity index is 1.95. The smallest absolute Gasteiger partial charge is 0.0459 e. The molecule has 0 unspecified atom stereocenters. The van der Waals surface area contributed by atoms with Crippen LogP contribution in [0.25, 0.3) is 10.9 Å². The van der Waals surface area contributed by atoms with Crippen LogP contribution >= 0.6 is 0 Å². The second kappa shape index (κ2) is 3.36. The van der Waals surface area contributed by atoms with Crippen molar-refractivity contribution in [3.8, 4) is 0 Å². The fraction of sp³-hybridized carbons (Fsp3) is 0.467. The van der Waals surface area contributed by atoms with Crippen molar-refractivity contribution in [3.63, 3.8) is 0 Å². The molecule has 1 aliphatic heterocycles. The minimum absolute atomic E-state index is 0.720. The largest absolute Gasteiger partial charge is 0.361 e. The van der Waals surface area contributed by atoms with Gasteiger partial charge in [-0.1, -0.05) is 12.1 Å². The number of nitrogens with one attached hydrogen (secondary N) is 1. The van der Waals surface area contributed by atoms with Gasteiger partial charge in [0.1, 0.15) is 0 Å². The summed E-state index contributed by atoms with van der Waals surface area (Å²) in [5.74, 6) is 0.751. The van der Waals surface area contributed by atoms with Crippen LogP contribution in [0, 0.1) is 0 Å². The molecule has 1 aromatic carbocycles. The van der Waals surface area contributed by atoms with Crippen LogP contribution in [-0.2, 0) is 6.42 Å². The number of likely N-dealkylation sites (tertiary alicyclic amines) is 1. The predicted molar refractivity (Wildman–Crippen MR) is 70.4 cm³/mol. The van der Waals surface area contributed by atoms with Crippen LogP contribution in [0.15, 0.2) is 24.4 Å². The summed E-state index contributed by atoms with van der Waals surface area (Å²) < 4.78 is 0. The van der Waals surface area contributed by atoms with E-state index in [1.807, 2.05) is 0 Å². The number of hydrogen-bond acceptors (Lipinski definition) is 1. The molecule has 0 bridgehead atoms. The summed E-state index contributed by atoms with van der Waals surface area (Å²) in [4.78, 5) is 5.98. The number of H-pyrrole nitrogens is 1. The number of likely N-dealkylation sites (N-methyl/N-ethyl adjacent to an activating group) is 1. The number of nitrogens with zero attached hydrogens (tertiary/aromatic N) is 1. The van der Waals surface area contributed by atoms with E-state index in [9.17, 15) is 0 Å². The Morgan fingerprint density at radius 3 is 3.24 bits per heavy atom. The predicted octanol–water partition coefficient (Wildman–Crippen LogP) is 2.90. The summed E-state index contributed by atoms with van der Waals surface area (Å²) in [5, 5.41) is 1.52. The van der Waals surface area contributed by atoms with Crippen molar-refractivity contribution >= 4 is 10.9 Å². The van der Waals surface area contributed by atoms with E-state index >= 15 is 0 Å². The highest BCUT2D eigenvalue weighted by molar-refractivity contribution is 5.88. The molecule has 0 saturated carbocycles. The van der Waals surface area contributed by atoms with E-state index in [0.29, 0.717) is 0 Å². The Hall–Kier alpha value is -1.28. The molecule has 4 rings (SSSR count). The zero-order valence-corrected chi connectivity index (χ0v) is 10.2. The molecule has 88 valence electrons. The van der Waals surface area contributed by atoms with Crippen LogP contribution < -0.4 is 0 Å². The molecule has 1 N–H and O–H groups in total. The molecule has 2 atom stereocenters. The summed E-state index contributed by atoms with van der Waals surface area (Å²) in [6.07, 6.45) is 6.14. The van der Waals surface area contributed by atoms with Gasteiger partial charge >= 0.3 is 0 Å². The highest BCUT2D eigenvalue weighted by atomic mass is 15.1. The van der Waals surface area contributed by atoms with E-state index in [-0.39, 0.29) is 0 Å². The van der Waals surface area contributed by atoms with Crippen molar-refractivity contribution < 1.29 is 0 Å². The molecule has 2 heteroatoms. The maximum Gasteiger partial charge on any atom is 0.0459 e. The molecule has 2 nitrogen and oxygen atoms in total. The van der Waals surface area contributed by atoms with Gasteiger partial charge in [-0.15, -0.1) is 0 Å². The van der Waals surface area contributed by atoms with Gasteiger partial charge in [-0.25, -0.2) is 0 Å². The standard InChI is InChI=1S/C15H18N2/c1-17-7-3-5-11-12-4-2-6-13-15(12)10(9-16-13)8-14(11)17/h2,4,6,9,11,14,16H,3,5,7-8H2,1H3/t11-,14+/m0/s1. The van der Waals surface area contributed by atoms with E-state index in [4.69, 9.17) is 0 Å². The number of fused-ring (bicyclic) bond motifs is 2. The van der Waals surface area contributed by atoms with Crippen LogP contribution in [0.2, 0.25) is 0 Å². The molecule has 17 heavy (non-hydrogen) atoms. The molecule has 0 radical (unpaired) electrons. The number of hydrogen-bond donors (Lipinski definition) is 1. The average molecular weight is 226 g/mol. The molecule has 2 aromatic rings. The summed E-state index contributed by atoms with van der Waals surface area (Å²) in [5.41, 5.74) is 4.43. The van der Waals surface area contributed by atoms with Crippen LogP contribution in [-0.4, -0.2) is 29.5 Å². The Kier molecular flexibility index (Phi) is 1.92. The number of aromatic amines is 1. The Bertz CT molecular complexity index is 569. The van der Waals surface area contributed by atoms with Crippen molar-refractivity contribution in [1.82, 2.24) is 9.88 Å². The SMILES string of the molecule is CN1CCC[C@H]2c3cccc4[nH]cc(c34)C[C@H]21. The Labute approximate surface area is 102 Å². The van der Waals surface area contributed by atoms with E-state index < -0.39 is 0 Å². The van der Waals surface area contributed by atoms with Crippen LogP contribution in [0.3, 0.4) is 0 Å². The van der Waals surface area contributed by atoms with Crippen molar-refractivity contribution in [1.29, 1.82) is 0 Å². The molecule has 0 spiro atoms. The van der Waals surface area contributed by atoms with Gasteiger partial charge in [0, 0.05) is 29.1 Å². The van der Waals surface area contributed by atoms with Gasteiger partial charge in [0.2, 0.25) is 0 Å². The lowest BCUT2D eigenvalue weighted by atomic mass is 9.75. The molecule has 1 aromatic heterocycles. The summed E-state index contributed by atoms with van der Waals surface area (Å²) in [6, 6.07) is 7.47. The monoisotopic (exact) mass is 226 g/mol. The van der Waals surface area contributed by atoms with Gasteiger partial charge in [-0.2, -0.15) is 0 Å². The number of benzene rings is 1. The minimum atomic E-state index is 0.720. The van der Waals surface area contributed by atoms with Crippen molar-refractivity contribution in [2.75, 3.05) is 13.6 Å². The van der Waals surface area contributed by atoms with Crippen LogP contribution in [0.1, 0.15) is 29.9 Å². The Morgan fingerprint density at radius 1 is 1.35 bits per heavy atom.